The molecule has 0 bridgehead atoms. The number of ether oxygens (including phenoxy) is 2. The molecule has 2 aromatic carbocycles. The van der Waals surface area contributed by atoms with E-state index in [0.717, 1.165) is 16.7 Å². The van der Waals surface area contributed by atoms with Crippen molar-refractivity contribution in [1.29, 1.82) is 0 Å². The molecule has 7 nitrogen and oxygen atoms in total. The van der Waals surface area contributed by atoms with Crippen molar-refractivity contribution in [3.63, 3.8) is 0 Å². The highest BCUT2D eigenvalue weighted by molar-refractivity contribution is 5.66. The molecule has 0 saturated carbocycles. The molecule has 176 valence electrons. The second-order valence-electron chi connectivity index (χ2n) is 7.75. The van der Waals surface area contributed by atoms with Crippen LogP contribution in [0.5, 0.6) is 5.75 Å². The molecule has 0 radical (unpaired) electrons. The second-order valence-corrected chi connectivity index (χ2v) is 7.75. The van der Waals surface area contributed by atoms with Crippen LogP contribution in [0.15, 0.2) is 67.0 Å². The summed E-state index contributed by atoms with van der Waals surface area (Å²) in [5.74, 6) is 1.21. The summed E-state index contributed by atoms with van der Waals surface area (Å²) in [6.07, 6.45) is 5.85. The molecule has 3 aromatic rings. The van der Waals surface area contributed by atoms with Crippen LogP contribution in [0.4, 0.5) is 0 Å². The molecule has 0 spiro atoms. The van der Waals surface area contributed by atoms with Gasteiger partial charge in [-0.2, -0.15) is 0 Å². The number of aliphatic hydroxyl groups is 3. The van der Waals surface area contributed by atoms with Gasteiger partial charge in [0.05, 0.1) is 19.3 Å². The summed E-state index contributed by atoms with van der Waals surface area (Å²) in [5, 5.41) is 29.4. The first-order chi connectivity index (χ1) is 16.0. The van der Waals surface area contributed by atoms with Crippen molar-refractivity contribution < 1.29 is 24.8 Å². The maximum Gasteiger partial charge on any atom is 0.137 e. The van der Waals surface area contributed by atoms with E-state index in [4.69, 9.17) is 9.47 Å². The molecule has 0 aliphatic heterocycles. The maximum atomic E-state index is 9.85. The van der Waals surface area contributed by atoms with Crippen LogP contribution in [0.2, 0.25) is 0 Å². The van der Waals surface area contributed by atoms with E-state index in [-0.39, 0.29) is 25.9 Å². The number of benzene rings is 2. The molecule has 1 aromatic heterocycles. The monoisotopic (exact) mass is 452 g/mol. The number of hydrogen-bond acceptors (Lipinski definition) is 6. The Bertz CT molecular complexity index is 996. The summed E-state index contributed by atoms with van der Waals surface area (Å²) in [6, 6.07) is 15.5. The van der Waals surface area contributed by atoms with Crippen LogP contribution in [0.25, 0.3) is 17.2 Å². The van der Waals surface area contributed by atoms with Crippen LogP contribution >= 0.6 is 0 Å². The van der Waals surface area contributed by atoms with E-state index >= 15 is 0 Å². The van der Waals surface area contributed by atoms with E-state index in [0.29, 0.717) is 18.2 Å². The van der Waals surface area contributed by atoms with Gasteiger partial charge in [-0.05, 0) is 42.7 Å². The zero-order valence-corrected chi connectivity index (χ0v) is 19.0. The number of rotatable bonds is 12. The molecule has 3 unspecified atom stereocenters. The Balaban J connectivity index is 1.61. The molecular weight excluding hydrogens is 420 g/mol. The predicted molar refractivity (Wildman–Crippen MR) is 128 cm³/mol. The van der Waals surface area contributed by atoms with Gasteiger partial charge in [0.1, 0.15) is 30.4 Å². The van der Waals surface area contributed by atoms with Crippen molar-refractivity contribution in [1.82, 2.24) is 9.55 Å². The van der Waals surface area contributed by atoms with Gasteiger partial charge in [-0.3, -0.25) is 0 Å². The molecule has 1 heterocycles. The quantitative estimate of drug-likeness (QED) is 0.388. The highest BCUT2D eigenvalue weighted by atomic mass is 16.5. The van der Waals surface area contributed by atoms with E-state index in [1.165, 1.54) is 0 Å². The first-order valence-corrected chi connectivity index (χ1v) is 11.1. The molecule has 3 atom stereocenters. The van der Waals surface area contributed by atoms with Gasteiger partial charge < -0.3 is 29.4 Å². The van der Waals surface area contributed by atoms with Crippen LogP contribution in [0, 0.1) is 0 Å². The molecule has 0 saturated heterocycles. The van der Waals surface area contributed by atoms with Crippen molar-refractivity contribution in [3.05, 3.63) is 78.4 Å². The Morgan fingerprint density at radius 2 is 1.67 bits per heavy atom. The third-order valence-electron chi connectivity index (χ3n) is 5.18. The molecule has 0 aliphatic rings. The zero-order chi connectivity index (χ0) is 23.6. The maximum absolute atomic E-state index is 9.85. The lowest BCUT2D eigenvalue weighted by Crippen LogP contribution is -2.23. The van der Waals surface area contributed by atoms with Gasteiger partial charge in [-0.25, -0.2) is 4.98 Å². The summed E-state index contributed by atoms with van der Waals surface area (Å²) in [6.45, 7) is 4.46. The smallest absolute Gasteiger partial charge is 0.137 e. The molecule has 0 fully saturated rings. The SMILES string of the molecule is CCOCC(O)COc1ccc(-c2ccc(/C=C/C(CO)n3ccnc3C(C)O)cc2)cc1. The predicted octanol–water partition coefficient (Wildman–Crippen LogP) is 3.63. The molecule has 0 aliphatic carbocycles. The van der Waals surface area contributed by atoms with Crippen molar-refractivity contribution in [2.75, 3.05) is 26.4 Å². The standard InChI is InChI=1S/C26H32N2O5/c1-3-32-17-24(31)18-33-25-12-9-22(10-13-25)21-7-4-20(5-8-21)6-11-23(16-29)28-15-14-27-26(28)19(2)30/h4-15,19,23-24,29-31H,3,16-18H2,1-2H3/b11-6+. The Morgan fingerprint density at radius 3 is 2.27 bits per heavy atom. The Kier molecular flexibility index (Phi) is 9.21. The second kappa shape index (κ2) is 12.3. The largest absolute Gasteiger partial charge is 0.491 e. The lowest BCUT2D eigenvalue weighted by molar-refractivity contribution is 0.0164. The Hall–Kier alpha value is -2.97. The van der Waals surface area contributed by atoms with E-state index < -0.39 is 12.2 Å². The highest BCUT2D eigenvalue weighted by Crippen LogP contribution is 2.24. The van der Waals surface area contributed by atoms with Gasteiger partial charge in [0.2, 0.25) is 0 Å². The summed E-state index contributed by atoms with van der Waals surface area (Å²) in [7, 11) is 0. The molecule has 7 heteroatoms. The highest BCUT2D eigenvalue weighted by Gasteiger charge is 2.14. The number of aromatic nitrogens is 2. The lowest BCUT2D eigenvalue weighted by atomic mass is 10.0. The fraction of sp³-hybridized carbons (Fsp3) is 0.346. The van der Waals surface area contributed by atoms with Gasteiger partial charge in [0.25, 0.3) is 0 Å². The van der Waals surface area contributed by atoms with Gasteiger partial charge in [-0.1, -0.05) is 48.6 Å². The van der Waals surface area contributed by atoms with Crippen molar-refractivity contribution >= 4 is 6.08 Å². The zero-order valence-electron chi connectivity index (χ0n) is 19.0. The molecule has 33 heavy (non-hydrogen) atoms. The van der Waals surface area contributed by atoms with Crippen molar-refractivity contribution in [2.24, 2.45) is 0 Å². The minimum Gasteiger partial charge on any atom is -0.491 e. The Morgan fingerprint density at radius 1 is 1.00 bits per heavy atom. The van der Waals surface area contributed by atoms with Gasteiger partial charge >= 0.3 is 0 Å². The summed E-state index contributed by atoms with van der Waals surface area (Å²) in [4.78, 5) is 4.16. The molecule has 3 rings (SSSR count). The molecule has 0 amide bonds. The van der Waals surface area contributed by atoms with E-state index in [2.05, 4.69) is 4.98 Å². The van der Waals surface area contributed by atoms with E-state index in [1.54, 1.807) is 23.9 Å². The van der Waals surface area contributed by atoms with Crippen LogP contribution in [0.3, 0.4) is 0 Å². The van der Waals surface area contributed by atoms with Gasteiger partial charge in [0, 0.05) is 19.0 Å². The first-order valence-electron chi connectivity index (χ1n) is 11.1. The number of hydrogen-bond donors (Lipinski definition) is 3. The van der Waals surface area contributed by atoms with Crippen LogP contribution in [-0.2, 0) is 4.74 Å². The van der Waals surface area contributed by atoms with E-state index in [1.807, 2.05) is 67.6 Å². The third kappa shape index (κ3) is 7.00. The van der Waals surface area contributed by atoms with Crippen LogP contribution in [-0.4, -0.2) is 57.4 Å². The normalized spacial score (nSPS) is 14.3. The minimum absolute atomic E-state index is 0.0955. The number of imidazole rings is 1. The van der Waals surface area contributed by atoms with Gasteiger partial charge in [-0.15, -0.1) is 0 Å². The van der Waals surface area contributed by atoms with Crippen molar-refractivity contribution in [2.45, 2.75) is 32.1 Å². The average Bonchev–Trinajstić information content (AvgIpc) is 3.33. The number of nitrogens with zero attached hydrogens (tertiary/aromatic N) is 2. The topological polar surface area (TPSA) is 97.0 Å². The first kappa shape index (κ1) is 24.7. The fourth-order valence-electron chi connectivity index (χ4n) is 3.42. The minimum atomic E-state index is -0.710. The Labute approximate surface area is 194 Å². The summed E-state index contributed by atoms with van der Waals surface area (Å²) < 4.78 is 12.6. The lowest BCUT2D eigenvalue weighted by Gasteiger charge is -2.16. The number of aliphatic hydroxyl groups excluding tert-OH is 3. The summed E-state index contributed by atoms with van der Waals surface area (Å²) >= 11 is 0. The molecule has 3 N–H and O–H groups in total. The van der Waals surface area contributed by atoms with Crippen molar-refractivity contribution in [3.8, 4) is 16.9 Å². The summed E-state index contributed by atoms with van der Waals surface area (Å²) in [5.41, 5.74) is 3.12. The van der Waals surface area contributed by atoms with E-state index in [9.17, 15) is 15.3 Å². The average molecular weight is 453 g/mol. The van der Waals surface area contributed by atoms with Crippen LogP contribution in [0.1, 0.15) is 37.4 Å². The van der Waals surface area contributed by atoms with Gasteiger partial charge in [0.15, 0.2) is 0 Å². The van der Waals surface area contributed by atoms with Crippen LogP contribution < -0.4 is 4.74 Å². The molecular formula is C26H32N2O5. The fourth-order valence-corrected chi connectivity index (χ4v) is 3.42. The third-order valence-corrected chi connectivity index (χ3v) is 5.18.